The maximum absolute atomic E-state index is 12.6. The molecule has 3 N–H and O–H groups in total. The summed E-state index contributed by atoms with van der Waals surface area (Å²) in [5.74, 6) is -2.18. The van der Waals surface area contributed by atoms with Crippen LogP contribution in [0.25, 0.3) is 0 Å². The molecule has 1 saturated heterocycles. The van der Waals surface area contributed by atoms with E-state index in [1.165, 1.54) is 12.0 Å². The van der Waals surface area contributed by atoms with Crippen molar-refractivity contribution in [3.63, 3.8) is 0 Å². The summed E-state index contributed by atoms with van der Waals surface area (Å²) in [5, 5.41) is 13.7. The van der Waals surface area contributed by atoms with Crippen LogP contribution in [0.1, 0.15) is 35.2 Å². The predicted molar refractivity (Wildman–Crippen MR) is 105 cm³/mol. The molecule has 0 unspecified atom stereocenters. The molecular weight excluding hydrogens is 394 g/mol. The van der Waals surface area contributed by atoms with E-state index in [1.807, 2.05) is 0 Å². The number of likely N-dealkylation sites (tertiary alicyclic amines) is 1. The van der Waals surface area contributed by atoms with Crippen LogP contribution in [0.5, 0.6) is 5.75 Å². The maximum atomic E-state index is 12.6. The molecule has 0 aromatic heterocycles. The molecule has 0 aliphatic carbocycles. The first-order chi connectivity index (χ1) is 14.3. The number of rotatable bonds is 9. The Balaban J connectivity index is 1.97. The third kappa shape index (κ3) is 5.79. The molecule has 1 aliphatic rings. The zero-order chi connectivity index (χ0) is 22.3. The summed E-state index contributed by atoms with van der Waals surface area (Å²) in [6.07, 6.45) is 0.784. The molecule has 0 spiro atoms. The average molecular weight is 419 g/mol. The predicted octanol–water partition coefficient (Wildman–Crippen LogP) is -0.117. The number of methoxy groups -OCH3 is 1. The van der Waals surface area contributed by atoms with Crippen LogP contribution in [0.2, 0.25) is 0 Å². The molecule has 2 rings (SSSR count). The van der Waals surface area contributed by atoms with Crippen molar-refractivity contribution in [2.45, 2.75) is 38.3 Å². The number of nitrogens with one attached hydrogen (secondary N) is 2. The molecule has 0 radical (unpaired) electrons. The molecule has 10 nitrogen and oxygen atoms in total. The van der Waals surface area contributed by atoms with Gasteiger partial charge in [-0.3, -0.25) is 19.2 Å². The van der Waals surface area contributed by atoms with Gasteiger partial charge in [0.25, 0.3) is 5.91 Å². The van der Waals surface area contributed by atoms with E-state index in [0.29, 0.717) is 37.0 Å². The van der Waals surface area contributed by atoms with Crippen LogP contribution >= 0.6 is 0 Å². The third-order valence-electron chi connectivity index (χ3n) is 4.85. The number of nitrogens with zero attached hydrogens (tertiary/aromatic N) is 1. The smallest absolute Gasteiger partial charge is 0.305 e. The van der Waals surface area contributed by atoms with Gasteiger partial charge in [0.05, 0.1) is 26.1 Å². The minimum atomic E-state index is -1.22. The van der Waals surface area contributed by atoms with Gasteiger partial charge in [0.1, 0.15) is 18.1 Å². The summed E-state index contributed by atoms with van der Waals surface area (Å²) >= 11 is 0. The molecule has 0 saturated carbocycles. The molecule has 162 valence electrons. The van der Waals surface area contributed by atoms with Gasteiger partial charge in [-0.15, -0.1) is 0 Å². The SMILES string of the molecule is COc1ccc(C)c(C(=O)NCC(=O)N2CCC[C@H]2C(=O)N[C@H](C=O)CC(=O)O)c1. The zero-order valence-electron chi connectivity index (χ0n) is 16.8. The highest BCUT2D eigenvalue weighted by Gasteiger charge is 2.35. The fourth-order valence-electron chi connectivity index (χ4n) is 3.26. The number of benzene rings is 1. The van der Waals surface area contributed by atoms with Crippen molar-refractivity contribution in [2.75, 3.05) is 20.2 Å². The average Bonchev–Trinajstić information content (AvgIpc) is 3.21. The van der Waals surface area contributed by atoms with Gasteiger partial charge in [0, 0.05) is 12.1 Å². The number of aryl methyl sites for hydroxylation is 1. The number of ether oxygens (including phenoxy) is 1. The highest BCUT2D eigenvalue weighted by atomic mass is 16.5. The number of carboxylic acids is 1. The van der Waals surface area contributed by atoms with Crippen molar-refractivity contribution in [3.8, 4) is 5.75 Å². The molecular formula is C20H25N3O7. The van der Waals surface area contributed by atoms with Gasteiger partial charge < -0.3 is 30.2 Å². The Morgan fingerprint density at radius 2 is 2.07 bits per heavy atom. The topological polar surface area (TPSA) is 142 Å². The lowest BCUT2D eigenvalue weighted by Gasteiger charge is -2.25. The van der Waals surface area contributed by atoms with Crippen molar-refractivity contribution in [1.29, 1.82) is 0 Å². The van der Waals surface area contributed by atoms with E-state index in [9.17, 15) is 24.0 Å². The van der Waals surface area contributed by atoms with E-state index in [-0.39, 0.29) is 6.54 Å². The summed E-state index contributed by atoms with van der Waals surface area (Å²) in [5.41, 5.74) is 1.10. The molecule has 1 fully saturated rings. The highest BCUT2D eigenvalue weighted by Crippen LogP contribution is 2.19. The number of carboxylic acid groups (broad SMARTS) is 1. The Morgan fingerprint density at radius 1 is 1.33 bits per heavy atom. The first kappa shape index (κ1) is 22.9. The first-order valence-electron chi connectivity index (χ1n) is 9.46. The van der Waals surface area contributed by atoms with Crippen LogP contribution in [-0.2, 0) is 19.2 Å². The minimum Gasteiger partial charge on any atom is -0.497 e. The van der Waals surface area contributed by atoms with E-state index < -0.39 is 42.2 Å². The molecule has 3 amide bonds. The van der Waals surface area contributed by atoms with Crippen LogP contribution < -0.4 is 15.4 Å². The van der Waals surface area contributed by atoms with E-state index in [1.54, 1.807) is 25.1 Å². The number of hydrogen-bond donors (Lipinski definition) is 3. The lowest BCUT2D eigenvalue weighted by molar-refractivity contribution is -0.140. The normalized spacial score (nSPS) is 16.5. The summed E-state index contributed by atoms with van der Waals surface area (Å²) < 4.78 is 5.11. The summed E-state index contributed by atoms with van der Waals surface area (Å²) in [6, 6.07) is 3.05. The van der Waals surface area contributed by atoms with Gasteiger partial charge >= 0.3 is 5.97 Å². The van der Waals surface area contributed by atoms with Crippen LogP contribution in [0.4, 0.5) is 0 Å². The maximum Gasteiger partial charge on any atom is 0.305 e. The summed E-state index contributed by atoms with van der Waals surface area (Å²) in [7, 11) is 1.49. The van der Waals surface area contributed by atoms with Gasteiger partial charge in [0.2, 0.25) is 11.8 Å². The minimum absolute atomic E-state index is 0.300. The van der Waals surface area contributed by atoms with Crippen molar-refractivity contribution in [1.82, 2.24) is 15.5 Å². The van der Waals surface area contributed by atoms with Crippen LogP contribution in [0.15, 0.2) is 18.2 Å². The molecule has 10 heteroatoms. The second-order valence-electron chi connectivity index (χ2n) is 6.96. The van der Waals surface area contributed by atoms with E-state index in [2.05, 4.69) is 10.6 Å². The first-order valence-corrected chi connectivity index (χ1v) is 9.46. The van der Waals surface area contributed by atoms with Crippen molar-refractivity contribution in [3.05, 3.63) is 29.3 Å². The van der Waals surface area contributed by atoms with E-state index in [4.69, 9.17) is 9.84 Å². The second-order valence-corrected chi connectivity index (χ2v) is 6.96. The largest absolute Gasteiger partial charge is 0.497 e. The zero-order valence-corrected chi connectivity index (χ0v) is 16.8. The van der Waals surface area contributed by atoms with Gasteiger partial charge in [-0.2, -0.15) is 0 Å². The van der Waals surface area contributed by atoms with E-state index in [0.717, 1.165) is 5.56 Å². The number of aliphatic carboxylic acids is 1. The lowest BCUT2D eigenvalue weighted by Crippen LogP contribution is -2.51. The van der Waals surface area contributed by atoms with Crippen LogP contribution in [-0.4, -0.2) is 72.3 Å². The lowest BCUT2D eigenvalue weighted by atomic mass is 10.1. The van der Waals surface area contributed by atoms with Gasteiger partial charge in [-0.1, -0.05) is 6.07 Å². The quantitative estimate of drug-likeness (QED) is 0.474. The summed E-state index contributed by atoms with van der Waals surface area (Å²) in [4.78, 5) is 60.5. The number of aldehydes is 1. The number of hydrogen-bond acceptors (Lipinski definition) is 6. The Hall–Kier alpha value is -3.43. The Kier molecular flexibility index (Phi) is 7.90. The fourth-order valence-corrected chi connectivity index (χ4v) is 3.26. The van der Waals surface area contributed by atoms with Crippen molar-refractivity contribution in [2.24, 2.45) is 0 Å². The molecule has 1 aliphatic heterocycles. The molecule has 1 heterocycles. The van der Waals surface area contributed by atoms with Crippen LogP contribution in [0.3, 0.4) is 0 Å². The highest BCUT2D eigenvalue weighted by molar-refractivity contribution is 5.98. The van der Waals surface area contributed by atoms with E-state index >= 15 is 0 Å². The molecule has 2 atom stereocenters. The Bertz CT molecular complexity index is 840. The Labute approximate surface area is 173 Å². The fraction of sp³-hybridized carbons (Fsp3) is 0.450. The molecule has 30 heavy (non-hydrogen) atoms. The molecule has 0 bridgehead atoms. The van der Waals surface area contributed by atoms with Crippen molar-refractivity contribution < 1.29 is 33.8 Å². The number of amides is 3. The van der Waals surface area contributed by atoms with Gasteiger partial charge in [-0.05, 0) is 37.5 Å². The number of carbonyl (C=O) groups is 5. The molecule has 1 aromatic rings. The molecule has 1 aromatic carbocycles. The Morgan fingerprint density at radius 3 is 2.70 bits per heavy atom. The van der Waals surface area contributed by atoms with Gasteiger partial charge in [-0.25, -0.2) is 0 Å². The van der Waals surface area contributed by atoms with Crippen LogP contribution in [0, 0.1) is 6.92 Å². The monoisotopic (exact) mass is 419 g/mol. The standard InChI is InChI=1S/C20H25N3O7/c1-12-5-6-14(30-2)9-15(12)19(28)21-10-17(25)23-7-3-4-16(23)20(29)22-13(11-24)8-18(26)27/h5-6,9,11,13,16H,3-4,7-8,10H2,1-2H3,(H,21,28)(H,22,29)(H,26,27)/t13-,16-/m0/s1. The number of carbonyl (C=O) groups excluding carboxylic acids is 4. The van der Waals surface area contributed by atoms with Gasteiger partial charge in [0.15, 0.2) is 0 Å². The van der Waals surface area contributed by atoms with Crippen molar-refractivity contribution >= 4 is 30.0 Å². The third-order valence-corrected chi connectivity index (χ3v) is 4.85. The second kappa shape index (κ2) is 10.4. The summed E-state index contributed by atoms with van der Waals surface area (Å²) in [6.45, 7) is 1.79.